The second-order valence-corrected chi connectivity index (χ2v) is 11.9. The van der Waals surface area contributed by atoms with Gasteiger partial charge in [0, 0.05) is 38.5 Å². The number of aliphatic hydroxyl groups is 1. The summed E-state index contributed by atoms with van der Waals surface area (Å²) in [6.07, 6.45) is 19.4. The first-order chi connectivity index (χ1) is 20.6. The molecule has 0 bridgehead atoms. The van der Waals surface area contributed by atoms with E-state index in [9.17, 15) is 9.90 Å². The Labute approximate surface area is 253 Å². The summed E-state index contributed by atoms with van der Waals surface area (Å²) < 4.78 is 24.9. The Morgan fingerprint density at radius 1 is 1.07 bits per heavy atom. The number of aliphatic hydroxyl groups excluding tert-OH is 1. The Hall–Kier alpha value is -2.03. The summed E-state index contributed by atoms with van der Waals surface area (Å²) in [4.78, 5) is 11.7. The summed E-state index contributed by atoms with van der Waals surface area (Å²) >= 11 is 0. The van der Waals surface area contributed by atoms with Crippen LogP contribution in [0.2, 0.25) is 0 Å². The predicted octanol–water partition coefficient (Wildman–Crippen LogP) is 6.25. The number of benzene rings is 1. The van der Waals surface area contributed by atoms with Gasteiger partial charge in [0.05, 0.1) is 18.3 Å². The van der Waals surface area contributed by atoms with Gasteiger partial charge < -0.3 is 29.4 Å². The lowest BCUT2D eigenvalue weighted by Crippen LogP contribution is -2.31. The van der Waals surface area contributed by atoms with E-state index in [4.69, 9.17) is 18.9 Å². The van der Waals surface area contributed by atoms with Crippen LogP contribution in [0.4, 0.5) is 0 Å². The van der Waals surface area contributed by atoms with E-state index in [1.807, 2.05) is 13.0 Å². The number of amides is 1. The molecule has 7 atom stereocenters. The minimum Gasteiger partial charge on any atom is -0.393 e. The number of carbonyl (C=O) groups is 1. The number of hydrogen-bond donors (Lipinski definition) is 2. The Kier molecular flexibility index (Phi) is 14.6. The second-order valence-electron chi connectivity index (χ2n) is 11.9. The quantitative estimate of drug-likeness (QED) is 0.177. The van der Waals surface area contributed by atoms with Gasteiger partial charge in [-0.2, -0.15) is 0 Å². The molecule has 2 heterocycles. The molecule has 2 saturated heterocycles. The molecule has 0 radical (unpaired) electrons. The van der Waals surface area contributed by atoms with E-state index >= 15 is 0 Å². The zero-order valence-electron chi connectivity index (χ0n) is 25.5. The van der Waals surface area contributed by atoms with Crippen LogP contribution >= 0.6 is 0 Å². The highest BCUT2D eigenvalue weighted by molar-refractivity contribution is 5.75. The molecule has 3 fully saturated rings. The van der Waals surface area contributed by atoms with E-state index in [1.165, 1.54) is 5.56 Å². The van der Waals surface area contributed by atoms with Crippen LogP contribution in [0.3, 0.4) is 0 Å². The topological polar surface area (TPSA) is 86.3 Å². The number of nitrogens with one attached hydrogen (secondary N) is 1. The molecule has 0 spiro atoms. The molecule has 1 saturated carbocycles. The molecule has 1 amide bonds. The fraction of sp³-hybridized carbons (Fsp3) is 0.686. The molecule has 2 unspecified atom stereocenters. The fourth-order valence-electron chi connectivity index (χ4n) is 6.31. The third-order valence-electron chi connectivity index (χ3n) is 8.65. The monoisotopic (exact) mass is 583 g/mol. The number of rotatable bonds is 16. The Morgan fingerprint density at radius 3 is 2.55 bits per heavy atom. The van der Waals surface area contributed by atoms with E-state index in [2.05, 4.69) is 53.9 Å². The number of unbranched alkanes of at least 4 members (excludes halogenated alkanes) is 1. The van der Waals surface area contributed by atoms with Crippen LogP contribution in [-0.2, 0) is 30.2 Å². The summed E-state index contributed by atoms with van der Waals surface area (Å²) in [6, 6.07) is 10.5. The van der Waals surface area contributed by atoms with Gasteiger partial charge >= 0.3 is 0 Å². The van der Waals surface area contributed by atoms with Crippen LogP contribution in [-0.4, -0.2) is 61.7 Å². The molecule has 3 aliphatic rings. The summed E-state index contributed by atoms with van der Waals surface area (Å²) in [5, 5.41) is 14.0. The van der Waals surface area contributed by atoms with Gasteiger partial charge in [-0.25, -0.2) is 0 Å². The summed E-state index contributed by atoms with van der Waals surface area (Å²) in [5.41, 5.74) is 1.30. The van der Waals surface area contributed by atoms with E-state index in [0.717, 1.165) is 83.8 Å². The molecule has 7 nitrogen and oxygen atoms in total. The summed E-state index contributed by atoms with van der Waals surface area (Å²) in [6.45, 7) is 4.10. The Balaban J connectivity index is 1.42. The van der Waals surface area contributed by atoms with Gasteiger partial charge in [-0.15, -0.1) is 0 Å². The number of hydrogen-bond acceptors (Lipinski definition) is 6. The summed E-state index contributed by atoms with van der Waals surface area (Å²) in [5.74, 6) is 0.214. The average Bonchev–Trinajstić information content (AvgIpc) is 3.30. The van der Waals surface area contributed by atoms with Crippen molar-refractivity contribution >= 4 is 5.91 Å². The van der Waals surface area contributed by atoms with Crippen LogP contribution in [0.15, 0.2) is 54.6 Å². The van der Waals surface area contributed by atoms with Crippen LogP contribution in [0.25, 0.3) is 0 Å². The predicted molar refractivity (Wildman–Crippen MR) is 165 cm³/mol. The number of aryl methyl sites for hydroxylation is 1. The Bertz CT molecular complexity index is 940. The van der Waals surface area contributed by atoms with E-state index in [-0.39, 0.29) is 42.5 Å². The van der Waals surface area contributed by atoms with Gasteiger partial charge in [0.25, 0.3) is 0 Å². The maximum absolute atomic E-state index is 11.7. The van der Waals surface area contributed by atoms with Crippen molar-refractivity contribution in [1.82, 2.24) is 5.32 Å². The third kappa shape index (κ3) is 11.2. The molecule has 1 aliphatic carbocycles. The standard InChI is InChI=1S/C35H53NO6/c1-2-36-33(38)17-9-4-3-8-16-29-30(32(26-31(29)37)42-35-19-11-13-25-40-35)23-22-28(41-34-18-10-12-24-39-34)21-20-27-14-6-5-7-15-27/h3,5-8,14-15,22-23,28-32,34-35,37H,2,4,9-13,16-21,24-26H2,1H3,(H,36,38)/b8-3-,23-22+/t28?,29-,30-,31+,32-,34+,35?/m1/s1. The molecule has 4 rings (SSSR count). The van der Waals surface area contributed by atoms with Crippen LogP contribution in [0.5, 0.6) is 0 Å². The number of allylic oxidation sites excluding steroid dienone is 2. The molecule has 1 aromatic carbocycles. The zero-order valence-corrected chi connectivity index (χ0v) is 25.5. The highest BCUT2D eigenvalue weighted by Gasteiger charge is 2.42. The first-order valence-corrected chi connectivity index (χ1v) is 16.5. The van der Waals surface area contributed by atoms with Crippen molar-refractivity contribution in [3.05, 3.63) is 60.2 Å². The normalized spacial score (nSPS) is 29.3. The first-order valence-electron chi connectivity index (χ1n) is 16.5. The zero-order chi connectivity index (χ0) is 29.4. The molecule has 1 aromatic rings. The summed E-state index contributed by atoms with van der Waals surface area (Å²) in [7, 11) is 0. The molecule has 2 N–H and O–H groups in total. The van der Waals surface area contributed by atoms with Crippen molar-refractivity contribution in [2.75, 3.05) is 19.8 Å². The maximum Gasteiger partial charge on any atom is 0.219 e. The lowest BCUT2D eigenvalue weighted by atomic mass is 9.89. The minimum absolute atomic E-state index is 0.0511. The molecule has 2 aliphatic heterocycles. The SMILES string of the molecule is CCNC(=O)CCC/C=C\C[C@@H]1[C@@H](/C=C/C(CCc2ccccc2)O[C@H]2CCCCO2)[C@H](OC2CCCCO2)C[C@@H]1O. The molecule has 42 heavy (non-hydrogen) atoms. The number of ether oxygens (including phenoxy) is 4. The van der Waals surface area contributed by atoms with Gasteiger partial charge in [-0.1, -0.05) is 54.6 Å². The van der Waals surface area contributed by atoms with Gasteiger partial charge in [-0.3, -0.25) is 4.79 Å². The molecular weight excluding hydrogens is 530 g/mol. The minimum atomic E-state index is -0.446. The van der Waals surface area contributed by atoms with Gasteiger partial charge in [0.1, 0.15) is 0 Å². The maximum atomic E-state index is 11.7. The largest absolute Gasteiger partial charge is 0.393 e. The van der Waals surface area contributed by atoms with E-state index < -0.39 is 6.10 Å². The van der Waals surface area contributed by atoms with Crippen molar-refractivity contribution in [3.63, 3.8) is 0 Å². The third-order valence-corrected chi connectivity index (χ3v) is 8.65. The van der Waals surface area contributed by atoms with Gasteiger partial charge in [-0.05, 0) is 89.0 Å². The van der Waals surface area contributed by atoms with Gasteiger partial charge in [0.15, 0.2) is 12.6 Å². The van der Waals surface area contributed by atoms with Gasteiger partial charge in [0.2, 0.25) is 5.91 Å². The van der Waals surface area contributed by atoms with Crippen LogP contribution < -0.4 is 5.32 Å². The molecule has 0 aromatic heterocycles. The van der Waals surface area contributed by atoms with E-state index in [0.29, 0.717) is 19.4 Å². The van der Waals surface area contributed by atoms with Crippen LogP contribution in [0, 0.1) is 11.8 Å². The number of carbonyl (C=O) groups excluding carboxylic acids is 1. The lowest BCUT2D eigenvalue weighted by Gasteiger charge is -2.30. The van der Waals surface area contributed by atoms with Crippen molar-refractivity contribution in [2.45, 2.75) is 121 Å². The lowest BCUT2D eigenvalue weighted by molar-refractivity contribution is -0.193. The highest BCUT2D eigenvalue weighted by Crippen LogP contribution is 2.39. The fourth-order valence-corrected chi connectivity index (χ4v) is 6.31. The molecule has 234 valence electrons. The Morgan fingerprint density at radius 2 is 1.83 bits per heavy atom. The van der Waals surface area contributed by atoms with Crippen molar-refractivity contribution in [3.8, 4) is 0 Å². The second kappa shape index (κ2) is 18.6. The average molecular weight is 584 g/mol. The smallest absolute Gasteiger partial charge is 0.219 e. The van der Waals surface area contributed by atoms with Crippen molar-refractivity contribution in [1.29, 1.82) is 0 Å². The van der Waals surface area contributed by atoms with Crippen molar-refractivity contribution in [2.24, 2.45) is 11.8 Å². The van der Waals surface area contributed by atoms with E-state index in [1.54, 1.807) is 0 Å². The first kappa shape index (κ1) is 32.9. The van der Waals surface area contributed by atoms with Crippen LogP contribution in [0.1, 0.15) is 89.5 Å². The highest BCUT2D eigenvalue weighted by atomic mass is 16.7. The molecule has 7 heteroatoms. The molecular formula is C35H53NO6. The van der Waals surface area contributed by atoms with Crippen molar-refractivity contribution < 1.29 is 28.8 Å².